The third kappa shape index (κ3) is 6.32. The molecule has 2 N–H and O–H groups in total. The fraction of sp³-hybridized carbons (Fsp3) is 0.148. The number of nitrogens with one attached hydrogen (secondary N) is 2. The van der Waals surface area contributed by atoms with Crippen LogP contribution in [0.4, 0.5) is 5.69 Å². The second-order valence-corrected chi connectivity index (χ2v) is 8.99. The molecule has 0 saturated carbocycles. The van der Waals surface area contributed by atoms with Crippen molar-refractivity contribution in [3.05, 3.63) is 107 Å². The van der Waals surface area contributed by atoms with E-state index in [0.29, 0.717) is 27.1 Å². The number of ether oxygens (including phenoxy) is 1. The van der Waals surface area contributed by atoms with Crippen molar-refractivity contribution in [2.75, 3.05) is 17.7 Å². The average molecular weight is 506 g/mol. The van der Waals surface area contributed by atoms with Crippen LogP contribution in [-0.4, -0.2) is 29.4 Å². The van der Waals surface area contributed by atoms with Crippen LogP contribution in [0.5, 0.6) is 0 Å². The first kappa shape index (κ1) is 24.6. The number of hydrogen-bond acceptors (Lipinski definition) is 6. The van der Waals surface area contributed by atoms with Gasteiger partial charge in [0.05, 0.1) is 23.6 Å². The summed E-state index contributed by atoms with van der Waals surface area (Å²) in [5, 5.41) is 7.27. The highest BCUT2D eigenvalue weighted by Gasteiger charge is 2.32. The van der Waals surface area contributed by atoms with E-state index in [9.17, 15) is 9.59 Å². The van der Waals surface area contributed by atoms with Gasteiger partial charge in [-0.3, -0.25) is 4.79 Å². The monoisotopic (exact) mass is 505 g/mol. The predicted octanol–water partition coefficient (Wildman–Crippen LogP) is 5.69. The lowest BCUT2D eigenvalue weighted by atomic mass is 9.94. The summed E-state index contributed by atoms with van der Waals surface area (Å²) in [6.07, 6.45) is 0. The number of esters is 1. The molecular weight excluding hydrogens is 482 g/mol. The van der Waals surface area contributed by atoms with Crippen molar-refractivity contribution in [2.45, 2.75) is 13.0 Å². The second-order valence-electron chi connectivity index (χ2n) is 7.59. The number of aliphatic imine (C=N–C) groups is 1. The molecule has 4 rings (SSSR count). The number of hydrogen-bond donors (Lipinski definition) is 2. The Morgan fingerprint density at radius 2 is 1.66 bits per heavy atom. The molecule has 35 heavy (non-hydrogen) atoms. The standard InChI is InChI=1S/C27H24ClN3O3S/c1-2-34-26(33)23-24(18-9-5-3-6-10-18)30-27(31-25(23)19-11-7-4-8-12-19)35-17-22(32)29-21-15-13-20(28)14-16-21/h3-16,24H,2,17H2,1H3,(H,29,32)(H,30,31)/t24-/m1/s1. The average Bonchev–Trinajstić information content (AvgIpc) is 2.89. The van der Waals surface area contributed by atoms with Gasteiger partial charge in [0.2, 0.25) is 5.91 Å². The normalized spacial score (nSPS) is 15.1. The quantitative estimate of drug-likeness (QED) is 0.403. The molecule has 0 unspecified atom stereocenters. The summed E-state index contributed by atoms with van der Waals surface area (Å²) < 4.78 is 5.41. The molecule has 0 aliphatic carbocycles. The van der Waals surface area contributed by atoms with Gasteiger partial charge in [-0.2, -0.15) is 0 Å². The summed E-state index contributed by atoms with van der Waals surface area (Å²) in [6, 6.07) is 25.5. The Morgan fingerprint density at radius 1 is 1.00 bits per heavy atom. The fourth-order valence-electron chi connectivity index (χ4n) is 3.59. The van der Waals surface area contributed by atoms with E-state index in [1.165, 1.54) is 11.8 Å². The van der Waals surface area contributed by atoms with Gasteiger partial charge in [0, 0.05) is 10.7 Å². The van der Waals surface area contributed by atoms with E-state index in [4.69, 9.17) is 21.3 Å². The molecule has 0 spiro atoms. The van der Waals surface area contributed by atoms with Crippen molar-refractivity contribution in [2.24, 2.45) is 4.99 Å². The Labute approximate surface area is 213 Å². The van der Waals surface area contributed by atoms with Gasteiger partial charge >= 0.3 is 5.97 Å². The zero-order valence-electron chi connectivity index (χ0n) is 19.0. The zero-order chi connectivity index (χ0) is 24.6. The van der Waals surface area contributed by atoms with Crippen molar-refractivity contribution < 1.29 is 14.3 Å². The molecule has 8 heteroatoms. The van der Waals surface area contributed by atoms with Crippen LogP contribution in [0.15, 0.2) is 95.5 Å². The van der Waals surface area contributed by atoms with Gasteiger partial charge in [0.25, 0.3) is 0 Å². The van der Waals surface area contributed by atoms with Gasteiger partial charge in [-0.1, -0.05) is 84.0 Å². The smallest absolute Gasteiger partial charge is 0.338 e. The Kier molecular flexibility index (Phi) is 8.23. The van der Waals surface area contributed by atoms with E-state index < -0.39 is 12.0 Å². The predicted molar refractivity (Wildman–Crippen MR) is 142 cm³/mol. The molecule has 0 aromatic heterocycles. The van der Waals surface area contributed by atoms with E-state index in [-0.39, 0.29) is 18.3 Å². The highest BCUT2D eigenvalue weighted by atomic mass is 35.5. The van der Waals surface area contributed by atoms with Crippen molar-refractivity contribution in [1.82, 2.24) is 5.32 Å². The molecular formula is C27H24ClN3O3S. The highest BCUT2D eigenvalue weighted by molar-refractivity contribution is 8.14. The number of amides is 1. The maximum absolute atomic E-state index is 13.1. The van der Waals surface area contributed by atoms with Gasteiger partial charge in [0.15, 0.2) is 5.17 Å². The van der Waals surface area contributed by atoms with Gasteiger partial charge < -0.3 is 15.4 Å². The third-order valence-electron chi connectivity index (χ3n) is 5.16. The minimum atomic E-state index is -0.575. The van der Waals surface area contributed by atoms with Crippen LogP contribution in [0.25, 0.3) is 5.70 Å². The second kappa shape index (κ2) is 11.7. The fourth-order valence-corrected chi connectivity index (χ4v) is 4.41. The molecule has 3 aromatic carbocycles. The molecule has 0 fully saturated rings. The summed E-state index contributed by atoms with van der Waals surface area (Å²) in [7, 11) is 0. The minimum absolute atomic E-state index is 0.132. The van der Waals surface area contributed by atoms with Crippen LogP contribution in [-0.2, 0) is 14.3 Å². The number of carbonyl (C=O) groups is 2. The van der Waals surface area contributed by atoms with Gasteiger partial charge in [-0.15, -0.1) is 0 Å². The number of amidine groups is 1. The topological polar surface area (TPSA) is 79.8 Å². The Hall–Kier alpha value is -3.55. The summed E-state index contributed by atoms with van der Waals surface area (Å²) in [4.78, 5) is 30.5. The number of rotatable bonds is 7. The van der Waals surface area contributed by atoms with Gasteiger partial charge in [-0.05, 0) is 42.3 Å². The number of benzene rings is 3. The summed E-state index contributed by atoms with van der Waals surface area (Å²) in [6.45, 7) is 2.03. The van der Waals surface area contributed by atoms with Gasteiger partial charge in [-0.25, -0.2) is 9.79 Å². The van der Waals surface area contributed by atoms with Crippen molar-refractivity contribution in [3.8, 4) is 0 Å². The van der Waals surface area contributed by atoms with Crippen LogP contribution in [0.1, 0.15) is 24.1 Å². The first-order valence-electron chi connectivity index (χ1n) is 11.1. The lowest BCUT2D eigenvalue weighted by Crippen LogP contribution is -2.31. The SMILES string of the molecule is CCOC(=O)C1=C(c2ccccc2)NC(SCC(=O)Nc2ccc(Cl)cc2)=N[C@@H]1c1ccccc1. The van der Waals surface area contributed by atoms with Crippen molar-refractivity contribution >= 4 is 51.8 Å². The summed E-state index contributed by atoms with van der Waals surface area (Å²) >= 11 is 7.18. The summed E-state index contributed by atoms with van der Waals surface area (Å²) in [5.41, 5.74) is 3.40. The molecule has 1 heterocycles. The molecule has 1 atom stereocenters. The molecule has 0 saturated heterocycles. The van der Waals surface area contributed by atoms with E-state index in [2.05, 4.69) is 10.6 Å². The Balaban J connectivity index is 1.63. The maximum Gasteiger partial charge on any atom is 0.338 e. The first-order valence-corrected chi connectivity index (χ1v) is 12.5. The number of halogens is 1. The lowest BCUT2D eigenvalue weighted by molar-refractivity contribution is -0.138. The molecule has 1 aliphatic rings. The third-order valence-corrected chi connectivity index (χ3v) is 6.30. The van der Waals surface area contributed by atoms with E-state index >= 15 is 0 Å². The highest BCUT2D eigenvalue weighted by Crippen LogP contribution is 2.36. The number of nitrogens with zero attached hydrogens (tertiary/aromatic N) is 1. The molecule has 0 radical (unpaired) electrons. The molecule has 6 nitrogen and oxygen atoms in total. The zero-order valence-corrected chi connectivity index (χ0v) is 20.6. The van der Waals surface area contributed by atoms with Crippen LogP contribution < -0.4 is 10.6 Å². The van der Waals surface area contributed by atoms with Crippen LogP contribution in [0.3, 0.4) is 0 Å². The first-order chi connectivity index (χ1) is 17.0. The Morgan fingerprint density at radius 3 is 2.31 bits per heavy atom. The molecule has 3 aromatic rings. The maximum atomic E-state index is 13.1. The van der Waals surface area contributed by atoms with Crippen LogP contribution in [0.2, 0.25) is 5.02 Å². The minimum Gasteiger partial charge on any atom is -0.463 e. The number of carbonyl (C=O) groups excluding carboxylic acids is 2. The Bertz CT molecular complexity index is 1250. The van der Waals surface area contributed by atoms with Gasteiger partial charge in [0.1, 0.15) is 6.04 Å². The van der Waals surface area contributed by atoms with E-state index in [1.54, 1.807) is 31.2 Å². The molecule has 178 valence electrons. The largest absolute Gasteiger partial charge is 0.463 e. The lowest BCUT2D eigenvalue weighted by Gasteiger charge is -2.27. The number of thioether (sulfide) groups is 1. The van der Waals surface area contributed by atoms with Crippen LogP contribution >= 0.6 is 23.4 Å². The summed E-state index contributed by atoms with van der Waals surface area (Å²) in [5.74, 6) is -0.479. The van der Waals surface area contributed by atoms with Crippen LogP contribution in [0, 0.1) is 0 Å². The molecule has 1 aliphatic heterocycles. The van der Waals surface area contributed by atoms with E-state index in [1.807, 2.05) is 60.7 Å². The molecule has 1 amide bonds. The number of anilines is 1. The van der Waals surface area contributed by atoms with Crippen molar-refractivity contribution in [3.63, 3.8) is 0 Å². The van der Waals surface area contributed by atoms with Crippen molar-refractivity contribution in [1.29, 1.82) is 0 Å². The molecule has 0 bridgehead atoms. The van der Waals surface area contributed by atoms with E-state index in [0.717, 1.165) is 11.1 Å².